The van der Waals surface area contributed by atoms with E-state index in [0.717, 1.165) is 11.5 Å². The van der Waals surface area contributed by atoms with Crippen LogP contribution in [0.15, 0.2) is 36.7 Å². The van der Waals surface area contributed by atoms with Gasteiger partial charge in [-0.05, 0) is 31.5 Å². The summed E-state index contributed by atoms with van der Waals surface area (Å²) in [5.41, 5.74) is 7.70. The van der Waals surface area contributed by atoms with E-state index in [2.05, 4.69) is 28.6 Å². The molecule has 3 nitrogen and oxygen atoms in total. The van der Waals surface area contributed by atoms with Crippen molar-refractivity contribution < 1.29 is 0 Å². The van der Waals surface area contributed by atoms with Crippen molar-refractivity contribution in [3.8, 4) is 0 Å². The Bertz CT molecular complexity index is 442. The average molecular weight is 201 g/mol. The molecule has 3 heteroatoms. The van der Waals surface area contributed by atoms with Gasteiger partial charge in [0.15, 0.2) is 0 Å². The van der Waals surface area contributed by atoms with E-state index in [4.69, 9.17) is 5.73 Å². The summed E-state index contributed by atoms with van der Waals surface area (Å²) in [6, 6.07) is 8.27. The summed E-state index contributed by atoms with van der Waals surface area (Å²) in [6.07, 6.45) is 3.82. The standard InChI is InChI=1S/C12H15N3/c1-9(15-8-7-14-10(15)2)11-3-5-12(13)6-4-11/h3-9H,13H2,1-2H3/t9-/m0/s1. The number of nitrogen functional groups attached to an aromatic ring is 1. The number of aryl methyl sites for hydroxylation is 1. The predicted octanol–water partition coefficient (Wildman–Crippen LogP) is 2.38. The molecule has 1 aromatic carbocycles. The van der Waals surface area contributed by atoms with Crippen LogP contribution in [-0.2, 0) is 0 Å². The van der Waals surface area contributed by atoms with Crippen LogP contribution in [0.1, 0.15) is 24.4 Å². The lowest BCUT2D eigenvalue weighted by Crippen LogP contribution is -2.07. The van der Waals surface area contributed by atoms with Crippen molar-refractivity contribution in [1.29, 1.82) is 0 Å². The number of hydrogen-bond acceptors (Lipinski definition) is 2. The maximum Gasteiger partial charge on any atom is 0.106 e. The van der Waals surface area contributed by atoms with Gasteiger partial charge in [-0.15, -0.1) is 0 Å². The SMILES string of the molecule is Cc1nccn1[C@@H](C)c1ccc(N)cc1. The van der Waals surface area contributed by atoms with Crippen molar-refractivity contribution in [2.45, 2.75) is 19.9 Å². The Kier molecular flexibility index (Phi) is 2.46. The van der Waals surface area contributed by atoms with Gasteiger partial charge in [0.05, 0.1) is 6.04 Å². The van der Waals surface area contributed by atoms with Crippen molar-refractivity contribution in [2.24, 2.45) is 0 Å². The molecule has 15 heavy (non-hydrogen) atoms. The molecule has 2 N–H and O–H groups in total. The highest BCUT2D eigenvalue weighted by Crippen LogP contribution is 2.19. The molecule has 0 aliphatic carbocycles. The first-order chi connectivity index (χ1) is 7.18. The van der Waals surface area contributed by atoms with E-state index in [1.54, 1.807) is 0 Å². The van der Waals surface area contributed by atoms with Crippen LogP contribution in [0.5, 0.6) is 0 Å². The number of nitrogens with zero attached hydrogens (tertiary/aromatic N) is 2. The Morgan fingerprint density at radius 2 is 1.93 bits per heavy atom. The normalized spacial score (nSPS) is 12.7. The molecule has 0 aliphatic heterocycles. The summed E-state index contributed by atoms with van der Waals surface area (Å²) in [4.78, 5) is 4.22. The van der Waals surface area contributed by atoms with E-state index in [1.165, 1.54) is 5.56 Å². The van der Waals surface area contributed by atoms with E-state index in [0.29, 0.717) is 6.04 Å². The van der Waals surface area contributed by atoms with E-state index >= 15 is 0 Å². The minimum atomic E-state index is 0.299. The van der Waals surface area contributed by atoms with Crippen molar-refractivity contribution in [3.63, 3.8) is 0 Å². The third-order valence-electron chi connectivity index (χ3n) is 2.70. The van der Waals surface area contributed by atoms with Gasteiger partial charge < -0.3 is 10.3 Å². The molecule has 1 atom stereocenters. The first-order valence-corrected chi connectivity index (χ1v) is 5.03. The summed E-state index contributed by atoms with van der Waals surface area (Å²) in [7, 11) is 0. The third kappa shape index (κ3) is 1.86. The summed E-state index contributed by atoms with van der Waals surface area (Å²) < 4.78 is 2.14. The molecule has 0 bridgehead atoms. The Balaban J connectivity index is 2.32. The van der Waals surface area contributed by atoms with E-state index < -0.39 is 0 Å². The Morgan fingerprint density at radius 1 is 1.27 bits per heavy atom. The van der Waals surface area contributed by atoms with Crippen LogP contribution in [0.4, 0.5) is 5.69 Å². The van der Waals surface area contributed by atoms with Crippen molar-refractivity contribution in [2.75, 3.05) is 5.73 Å². The molecular weight excluding hydrogens is 186 g/mol. The van der Waals surface area contributed by atoms with Crippen LogP contribution in [0.25, 0.3) is 0 Å². The summed E-state index contributed by atoms with van der Waals surface area (Å²) in [5.74, 6) is 1.03. The van der Waals surface area contributed by atoms with Gasteiger partial charge >= 0.3 is 0 Å². The molecule has 1 aromatic heterocycles. The lowest BCUT2D eigenvalue weighted by Gasteiger charge is -2.15. The Hall–Kier alpha value is -1.77. The van der Waals surface area contributed by atoms with Crippen molar-refractivity contribution in [1.82, 2.24) is 9.55 Å². The molecule has 2 aromatic rings. The maximum atomic E-state index is 5.66. The second-order valence-electron chi connectivity index (χ2n) is 3.72. The molecule has 0 unspecified atom stereocenters. The molecule has 1 heterocycles. The van der Waals surface area contributed by atoms with Crippen molar-refractivity contribution in [3.05, 3.63) is 48.0 Å². The molecule has 0 spiro atoms. The van der Waals surface area contributed by atoms with Crippen molar-refractivity contribution >= 4 is 5.69 Å². The zero-order chi connectivity index (χ0) is 10.8. The zero-order valence-electron chi connectivity index (χ0n) is 9.01. The summed E-state index contributed by atoms with van der Waals surface area (Å²) in [5, 5.41) is 0. The fourth-order valence-corrected chi connectivity index (χ4v) is 1.73. The Labute approximate surface area is 89.6 Å². The highest BCUT2D eigenvalue weighted by Gasteiger charge is 2.08. The largest absolute Gasteiger partial charge is 0.399 e. The maximum absolute atomic E-state index is 5.66. The van der Waals surface area contributed by atoms with Gasteiger partial charge in [0.2, 0.25) is 0 Å². The van der Waals surface area contributed by atoms with E-state index in [-0.39, 0.29) is 0 Å². The van der Waals surface area contributed by atoms with Crippen LogP contribution >= 0.6 is 0 Å². The van der Waals surface area contributed by atoms with Gasteiger partial charge in [-0.25, -0.2) is 4.98 Å². The molecular formula is C12H15N3. The van der Waals surface area contributed by atoms with Gasteiger partial charge in [-0.1, -0.05) is 12.1 Å². The van der Waals surface area contributed by atoms with Crippen LogP contribution in [0.3, 0.4) is 0 Å². The summed E-state index contributed by atoms with van der Waals surface area (Å²) in [6.45, 7) is 4.16. The minimum Gasteiger partial charge on any atom is -0.399 e. The van der Waals surface area contributed by atoms with Gasteiger partial charge in [0, 0.05) is 18.1 Å². The fraction of sp³-hybridized carbons (Fsp3) is 0.250. The number of hydrogen-bond donors (Lipinski definition) is 1. The number of anilines is 1. The molecule has 2 rings (SSSR count). The monoisotopic (exact) mass is 201 g/mol. The molecule has 0 fully saturated rings. The molecule has 0 radical (unpaired) electrons. The average Bonchev–Trinajstić information content (AvgIpc) is 2.65. The number of imidazole rings is 1. The van der Waals surface area contributed by atoms with E-state index in [9.17, 15) is 0 Å². The van der Waals surface area contributed by atoms with Crippen LogP contribution in [-0.4, -0.2) is 9.55 Å². The highest BCUT2D eigenvalue weighted by atomic mass is 15.1. The van der Waals surface area contributed by atoms with E-state index in [1.807, 2.05) is 31.5 Å². The smallest absolute Gasteiger partial charge is 0.106 e. The first-order valence-electron chi connectivity index (χ1n) is 5.03. The quantitative estimate of drug-likeness (QED) is 0.758. The highest BCUT2D eigenvalue weighted by molar-refractivity contribution is 5.40. The molecule has 0 aliphatic rings. The van der Waals surface area contributed by atoms with Crippen LogP contribution in [0.2, 0.25) is 0 Å². The fourth-order valence-electron chi connectivity index (χ4n) is 1.73. The predicted molar refractivity (Wildman–Crippen MR) is 61.6 cm³/mol. The molecule has 0 saturated carbocycles. The second kappa shape index (κ2) is 3.77. The molecule has 0 saturated heterocycles. The lowest BCUT2D eigenvalue weighted by molar-refractivity contribution is 0.619. The van der Waals surface area contributed by atoms with Gasteiger partial charge in [-0.3, -0.25) is 0 Å². The number of benzene rings is 1. The van der Waals surface area contributed by atoms with Gasteiger partial charge in [-0.2, -0.15) is 0 Å². The van der Waals surface area contributed by atoms with Gasteiger partial charge in [0.1, 0.15) is 5.82 Å². The summed E-state index contributed by atoms with van der Waals surface area (Å²) >= 11 is 0. The molecule has 78 valence electrons. The van der Waals surface area contributed by atoms with Crippen LogP contribution < -0.4 is 5.73 Å². The minimum absolute atomic E-state index is 0.299. The molecule has 0 amide bonds. The van der Waals surface area contributed by atoms with Crippen LogP contribution in [0, 0.1) is 6.92 Å². The number of rotatable bonds is 2. The first kappa shape index (κ1) is 9.77. The number of aromatic nitrogens is 2. The number of nitrogens with two attached hydrogens (primary N) is 1. The second-order valence-corrected chi connectivity index (χ2v) is 3.72. The Morgan fingerprint density at radius 3 is 2.47 bits per heavy atom. The van der Waals surface area contributed by atoms with Gasteiger partial charge in [0.25, 0.3) is 0 Å². The third-order valence-corrected chi connectivity index (χ3v) is 2.70. The topological polar surface area (TPSA) is 43.8 Å². The lowest BCUT2D eigenvalue weighted by atomic mass is 10.1. The zero-order valence-corrected chi connectivity index (χ0v) is 9.01.